The minimum absolute atomic E-state index is 0.384. The number of hydrogen-bond donors (Lipinski definition) is 0. The van der Waals surface area contributed by atoms with Crippen LogP contribution in [0.3, 0.4) is 0 Å². The number of carbonyl (C=O) groups excluding carboxylic acids is 1. The molecule has 0 atom stereocenters. The van der Waals surface area contributed by atoms with Crippen LogP contribution in [-0.4, -0.2) is 49.6 Å². The van der Waals surface area contributed by atoms with E-state index < -0.39 is 5.09 Å². The lowest BCUT2D eigenvalue weighted by Crippen LogP contribution is -2.43. The molecule has 0 saturated carbocycles. The molecule has 7 nitrogen and oxygen atoms in total. The lowest BCUT2D eigenvalue weighted by molar-refractivity contribution is -0.890. The fourth-order valence-electron chi connectivity index (χ4n) is 3.35. The topological polar surface area (TPSA) is 92.5 Å². The van der Waals surface area contributed by atoms with Crippen molar-refractivity contribution in [1.29, 1.82) is 0 Å². The van der Waals surface area contributed by atoms with Crippen LogP contribution in [-0.2, 0) is 0 Å². The molecule has 0 N–H and O–H groups in total. The Bertz CT molecular complexity index is 668. The van der Waals surface area contributed by atoms with Crippen molar-refractivity contribution >= 4 is 29.5 Å². The molecule has 1 aromatic carbocycles. The van der Waals surface area contributed by atoms with Crippen LogP contribution in [0.2, 0.25) is 10.0 Å². The zero-order chi connectivity index (χ0) is 24.4. The van der Waals surface area contributed by atoms with E-state index in [0.29, 0.717) is 28.0 Å². The van der Waals surface area contributed by atoms with E-state index in [0.717, 1.165) is 23.9 Å². The number of halogens is 2. The maximum Gasteiger partial charge on any atom is 0.153 e. The van der Waals surface area contributed by atoms with Gasteiger partial charge in [0.1, 0.15) is 18.9 Å². The summed E-state index contributed by atoms with van der Waals surface area (Å²) < 4.78 is 6.71. The molecular formula is C23H38Cl2N2O5. The third-order valence-corrected chi connectivity index (χ3v) is 5.72. The van der Waals surface area contributed by atoms with Gasteiger partial charge in [-0.1, -0.05) is 81.5 Å². The standard InChI is InChI=1S/C23H38Cl2NO2.NO3/c1-4-5-6-7-8-9-10-11-12-13-14-26(2,3)15-16-28-23-20(19-27)17-21(24)18-22(23)25;2-1(3)4/h17-19H,4-16H2,1-3H3;/q+1;-1. The third kappa shape index (κ3) is 16.1. The minimum atomic E-state index is -1.75. The molecular weight excluding hydrogens is 455 g/mol. The van der Waals surface area contributed by atoms with E-state index in [9.17, 15) is 4.79 Å². The first-order valence-electron chi connectivity index (χ1n) is 11.3. The summed E-state index contributed by atoms with van der Waals surface area (Å²) in [6, 6.07) is 3.19. The Morgan fingerprint density at radius 1 is 0.938 bits per heavy atom. The van der Waals surface area contributed by atoms with Crippen molar-refractivity contribution in [3.63, 3.8) is 0 Å². The molecule has 0 heterocycles. The third-order valence-electron chi connectivity index (χ3n) is 5.22. The fourth-order valence-corrected chi connectivity index (χ4v) is 3.92. The molecule has 0 unspecified atom stereocenters. The van der Waals surface area contributed by atoms with Gasteiger partial charge >= 0.3 is 0 Å². The van der Waals surface area contributed by atoms with E-state index in [-0.39, 0.29) is 0 Å². The number of benzene rings is 1. The fraction of sp³-hybridized carbons (Fsp3) is 0.696. The van der Waals surface area contributed by atoms with E-state index in [1.165, 1.54) is 64.2 Å². The van der Waals surface area contributed by atoms with Crippen LogP contribution in [0.15, 0.2) is 12.1 Å². The Kier molecular flexibility index (Phi) is 17.0. The summed E-state index contributed by atoms with van der Waals surface area (Å²) in [5.41, 5.74) is 0.400. The van der Waals surface area contributed by atoms with Crippen LogP contribution < -0.4 is 4.74 Å². The summed E-state index contributed by atoms with van der Waals surface area (Å²) in [7, 11) is 4.45. The van der Waals surface area contributed by atoms with Crippen molar-refractivity contribution in [3.8, 4) is 5.75 Å². The Labute approximate surface area is 202 Å². The number of carbonyl (C=O) groups is 1. The molecule has 0 aliphatic carbocycles. The van der Waals surface area contributed by atoms with E-state index in [1.807, 2.05) is 0 Å². The Morgan fingerprint density at radius 3 is 1.94 bits per heavy atom. The molecule has 0 bridgehead atoms. The van der Waals surface area contributed by atoms with Crippen molar-refractivity contribution in [2.45, 2.75) is 71.1 Å². The number of likely N-dealkylation sites (N-methyl/N-ethyl adjacent to an activating group) is 1. The first kappa shape index (κ1) is 30.4. The molecule has 0 saturated heterocycles. The predicted octanol–water partition coefficient (Wildman–Crippen LogP) is 6.94. The molecule has 0 spiro atoms. The maximum atomic E-state index is 11.2. The molecule has 0 fully saturated rings. The highest BCUT2D eigenvalue weighted by atomic mass is 35.5. The molecule has 9 heteroatoms. The van der Waals surface area contributed by atoms with Crippen molar-refractivity contribution in [1.82, 2.24) is 0 Å². The Balaban J connectivity index is 0.00000220. The number of hydrogen-bond acceptors (Lipinski definition) is 5. The number of ether oxygens (including phenoxy) is 1. The lowest BCUT2D eigenvalue weighted by atomic mass is 10.1. The van der Waals surface area contributed by atoms with Crippen LogP contribution in [0.5, 0.6) is 5.75 Å². The van der Waals surface area contributed by atoms with Gasteiger partial charge in [-0.25, -0.2) is 0 Å². The van der Waals surface area contributed by atoms with Crippen molar-refractivity contribution in [3.05, 3.63) is 43.1 Å². The molecule has 0 aliphatic rings. The summed E-state index contributed by atoms with van der Waals surface area (Å²) >= 11 is 12.1. The van der Waals surface area contributed by atoms with Crippen LogP contribution in [0.1, 0.15) is 81.5 Å². The van der Waals surface area contributed by atoms with Gasteiger partial charge in [0.2, 0.25) is 0 Å². The van der Waals surface area contributed by atoms with Crippen LogP contribution in [0.25, 0.3) is 0 Å². The summed E-state index contributed by atoms with van der Waals surface area (Å²) in [6.45, 7) is 4.79. The molecule has 0 amide bonds. The normalized spacial score (nSPS) is 10.9. The summed E-state index contributed by atoms with van der Waals surface area (Å²) in [5.74, 6) is 0.431. The van der Waals surface area contributed by atoms with Crippen molar-refractivity contribution in [2.24, 2.45) is 0 Å². The van der Waals surface area contributed by atoms with Gasteiger partial charge in [-0.3, -0.25) is 4.79 Å². The molecule has 1 aromatic rings. The molecule has 0 aliphatic heterocycles. The van der Waals surface area contributed by atoms with Crippen molar-refractivity contribution < 1.29 is 19.1 Å². The van der Waals surface area contributed by atoms with E-state index in [4.69, 9.17) is 43.3 Å². The molecule has 0 aromatic heterocycles. The number of nitrogens with zero attached hydrogens (tertiary/aromatic N) is 2. The highest BCUT2D eigenvalue weighted by Gasteiger charge is 2.16. The maximum absolute atomic E-state index is 11.2. The lowest BCUT2D eigenvalue weighted by Gasteiger charge is -2.30. The van der Waals surface area contributed by atoms with Gasteiger partial charge in [0.25, 0.3) is 0 Å². The second-order valence-corrected chi connectivity index (χ2v) is 9.40. The predicted molar refractivity (Wildman–Crippen MR) is 131 cm³/mol. The van der Waals surface area contributed by atoms with Gasteiger partial charge < -0.3 is 24.5 Å². The number of aldehydes is 1. The minimum Gasteiger partial charge on any atom is -0.485 e. The Morgan fingerprint density at radius 2 is 1.44 bits per heavy atom. The van der Waals surface area contributed by atoms with E-state index in [2.05, 4.69) is 21.0 Å². The smallest absolute Gasteiger partial charge is 0.153 e. The quantitative estimate of drug-likeness (QED) is 0.0817. The monoisotopic (exact) mass is 492 g/mol. The second-order valence-electron chi connectivity index (χ2n) is 8.56. The number of unbranched alkanes of at least 4 members (excludes halogenated alkanes) is 9. The van der Waals surface area contributed by atoms with Gasteiger partial charge in [-0.05, 0) is 25.0 Å². The van der Waals surface area contributed by atoms with Gasteiger partial charge in [0.05, 0.1) is 36.3 Å². The summed E-state index contributed by atoms with van der Waals surface area (Å²) in [6.07, 6.45) is 14.3. The number of rotatable bonds is 16. The van der Waals surface area contributed by atoms with Gasteiger partial charge in [-0.2, -0.15) is 0 Å². The second kappa shape index (κ2) is 17.9. The SMILES string of the molecule is CCCCCCCCCCCC[N+](C)(C)CCOc1c(Cl)cc(Cl)cc1C=O.O=[N+]([O-])[O-]. The first-order valence-corrected chi connectivity index (χ1v) is 12.1. The largest absolute Gasteiger partial charge is 0.485 e. The van der Waals surface area contributed by atoms with Crippen LogP contribution in [0, 0.1) is 15.3 Å². The average molecular weight is 493 g/mol. The Hall–Kier alpha value is -1.57. The van der Waals surface area contributed by atoms with Crippen LogP contribution in [0.4, 0.5) is 0 Å². The zero-order valence-electron chi connectivity index (χ0n) is 19.6. The van der Waals surface area contributed by atoms with Gasteiger partial charge in [0, 0.05) is 5.02 Å². The molecule has 1 rings (SSSR count). The zero-order valence-corrected chi connectivity index (χ0v) is 21.1. The summed E-state index contributed by atoms with van der Waals surface area (Å²) in [5, 5.41) is 15.6. The molecule has 0 radical (unpaired) electrons. The first-order chi connectivity index (χ1) is 15.1. The van der Waals surface area contributed by atoms with Gasteiger partial charge in [0.15, 0.2) is 6.29 Å². The van der Waals surface area contributed by atoms with Gasteiger partial charge in [-0.15, -0.1) is 0 Å². The summed E-state index contributed by atoms with van der Waals surface area (Å²) in [4.78, 5) is 19.5. The van der Waals surface area contributed by atoms with Crippen LogP contribution >= 0.6 is 23.2 Å². The van der Waals surface area contributed by atoms with E-state index in [1.54, 1.807) is 12.1 Å². The highest BCUT2D eigenvalue weighted by Crippen LogP contribution is 2.31. The molecule has 184 valence electrons. The number of quaternary nitrogens is 1. The molecule has 32 heavy (non-hydrogen) atoms. The highest BCUT2D eigenvalue weighted by molar-refractivity contribution is 6.36. The average Bonchev–Trinajstić information content (AvgIpc) is 2.70. The van der Waals surface area contributed by atoms with Crippen molar-refractivity contribution in [2.75, 3.05) is 33.8 Å². The van der Waals surface area contributed by atoms with E-state index >= 15 is 0 Å².